The molecule has 0 aromatic carbocycles. The van der Waals surface area contributed by atoms with Crippen LogP contribution in [-0.2, 0) is 4.79 Å². The number of carbonyl (C=O) groups is 1. The summed E-state index contributed by atoms with van der Waals surface area (Å²) in [5.74, 6) is 0.200. The van der Waals surface area contributed by atoms with Crippen molar-refractivity contribution in [3.05, 3.63) is 0 Å². The third-order valence-corrected chi connectivity index (χ3v) is 4.01. The van der Waals surface area contributed by atoms with Crippen LogP contribution in [0.25, 0.3) is 0 Å². The van der Waals surface area contributed by atoms with Crippen molar-refractivity contribution >= 4 is 5.91 Å². The molecule has 1 aliphatic heterocycles. The number of amides is 1. The van der Waals surface area contributed by atoms with E-state index in [1.165, 1.54) is 0 Å². The van der Waals surface area contributed by atoms with E-state index in [-0.39, 0.29) is 5.91 Å². The van der Waals surface area contributed by atoms with Crippen LogP contribution in [0.5, 0.6) is 0 Å². The Kier molecular flexibility index (Phi) is 6.23. The van der Waals surface area contributed by atoms with Crippen molar-refractivity contribution in [3.63, 3.8) is 0 Å². The van der Waals surface area contributed by atoms with Gasteiger partial charge in [-0.15, -0.1) is 0 Å². The molecule has 112 valence electrons. The Morgan fingerprint density at radius 3 is 2.11 bits per heavy atom. The maximum Gasteiger partial charge on any atom is 0.236 e. The van der Waals surface area contributed by atoms with Crippen LogP contribution in [0.4, 0.5) is 0 Å². The van der Waals surface area contributed by atoms with Crippen LogP contribution in [0.15, 0.2) is 0 Å². The predicted octanol–water partition coefficient (Wildman–Crippen LogP) is 0.243. The molecule has 0 aromatic heterocycles. The third-order valence-electron chi connectivity index (χ3n) is 4.01. The van der Waals surface area contributed by atoms with E-state index in [9.17, 15) is 9.90 Å². The lowest BCUT2D eigenvalue weighted by Crippen LogP contribution is -2.54. The molecule has 0 atom stereocenters. The molecular weight excluding hydrogens is 242 g/mol. The van der Waals surface area contributed by atoms with E-state index < -0.39 is 5.60 Å². The van der Waals surface area contributed by atoms with Gasteiger partial charge in [0.15, 0.2) is 0 Å². The Hall–Kier alpha value is -0.650. The van der Waals surface area contributed by atoms with Gasteiger partial charge in [-0.05, 0) is 26.9 Å². The number of likely N-dealkylation sites (N-methyl/N-ethyl adjacent to an activating group) is 1. The highest BCUT2D eigenvalue weighted by atomic mass is 16.3. The van der Waals surface area contributed by atoms with Gasteiger partial charge < -0.3 is 14.9 Å². The van der Waals surface area contributed by atoms with Crippen molar-refractivity contribution < 1.29 is 9.90 Å². The summed E-state index contributed by atoms with van der Waals surface area (Å²) in [7, 11) is 3.83. The summed E-state index contributed by atoms with van der Waals surface area (Å²) in [6.07, 6.45) is 1.56. The lowest BCUT2D eigenvalue weighted by Gasteiger charge is -2.39. The number of nitrogens with zero attached hydrogens (tertiary/aromatic N) is 3. The van der Waals surface area contributed by atoms with E-state index in [1.807, 2.05) is 37.7 Å². The van der Waals surface area contributed by atoms with Gasteiger partial charge in [-0.25, -0.2) is 0 Å². The highest BCUT2D eigenvalue weighted by molar-refractivity contribution is 5.78. The molecule has 0 spiro atoms. The van der Waals surface area contributed by atoms with Gasteiger partial charge in [0.2, 0.25) is 5.91 Å². The molecular formula is C14H29N3O2. The average molecular weight is 271 g/mol. The smallest absolute Gasteiger partial charge is 0.236 e. The van der Waals surface area contributed by atoms with Gasteiger partial charge in [0, 0.05) is 32.7 Å². The summed E-state index contributed by atoms with van der Waals surface area (Å²) in [5.41, 5.74) is -0.574. The van der Waals surface area contributed by atoms with Gasteiger partial charge in [0.1, 0.15) is 0 Å². The molecule has 0 saturated carbocycles. The van der Waals surface area contributed by atoms with Crippen LogP contribution in [0, 0.1) is 0 Å². The Balaban J connectivity index is 2.38. The van der Waals surface area contributed by atoms with Crippen molar-refractivity contribution in [1.29, 1.82) is 0 Å². The van der Waals surface area contributed by atoms with Crippen LogP contribution in [0.3, 0.4) is 0 Å². The second-order valence-electron chi connectivity index (χ2n) is 5.83. The third kappa shape index (κ3) is 5.09. The monoisotopic (exact) mass is 271 g/mol. The lowest BCUT2D eigenvalue weighted by atomic mass is 9.96. The van der Waals surface area contributed by atoms with E-state index in [1.54, 1.807) is 0 Å². The number of hydrogen-bond donors (Lipinski definition) is 1. The van der Waals surface area contributed by atoms with E-state index in [4.69, 9.17) is 0 Å². The molecule has 0 unspecified atom stereocenters. The molecule has 5 nitrogen and oxygen atoms in total. The van der Waals surface area contributed by atoms with Gasteiger partial charge in [-0.3, -0.25) is 9.69 Å². The Morgan fingerprint density at radius 1 is 1.16 bits per heavy atom. The van der Waals surface area contributed by atoms with Crippen LogP contribution in [0.2, 0.25) is 0 Å². The van der Waals surface area contributed by atoms with Gasteiger partial charge in [-0.2, -0.15) is 0 Å². The van der Waals surface area contributed by atoms with Gasteiger partial charge in [0.05, 0.1) is 12.1 Å². The van der Waals surface area contributed by atoms with Gasteiger partial charge in [-0.1, -0.05) is 13.8 Å². The number of piperazine rings is 1. The lowest BCUT2D eigenvalue weighted by molar-refractivity contribution is -0.134. The highest BCUT2D eigenvalue weighted by Crippen LogP contribution is 2.17. The molecule has 19 heavy (non-hydrogen) atoms. The molecule has 1 aliphatic rings. The maximum atomic E-state index is 11.9. The highest BCUT2D eigenvalue weighted by Gasteiger charge is 2.28. The first kappa shape index (κ1) is 16.4. The largest absolute Gasteiger partial charge is 0.389 e. The number of rotatable bonds is 6. The maximum absolute atomic E-state index is 11.9. The second-order valence-corrected chi connectivity index (χ2v) is 5.83. The van der Waals surface area contributed by atoms with Crippen molar-refractivity contribution in [1.82, 2.24) is 14.7 Å². The number of aliphatic hydroxyl groups is 1. The van der Waals surface area contributed by atoms with Crippen LogP contribution < -0.4 is 0 Å². The molecule has 0 aliphatic carbocycles. The Labute approximate surface area is 117 Å². The summed E-state index contributed by atoms with van der Waals surface area (Å²) >= 11 is 0. The standard InChI is InChI=1S/C14H29N3O2/c1-5-14(19,6-2)12-16-7-9-17(10-8-16)13(18)11-15(3)4/h19H,5-12H2,1-4H3. The van der Waals surface area contributed by atoms with E-state index in [0.717, 1.165) is 45.6 Å². The van der Waals surface area contributed by atoms with Crippen molar-refractivity contribution in [2.24, 2.45) is 0 Å². The summed E-state index contributed by atoms with van der Waals surface area (Å²) < 4.78 is 0. The Morgan fingerprint density at radius 2 is 1.68 bits per heavy atom. The fraction of sp³-hybridized carbons (Fsp3) is 0.929. The molecule has 0 aromatic rings. The number of hydrogen-bond acceptors (Lipinski definition) is 4. The SMILES string of the molecule is CCC(O)(CC)CN1CCN(C(=O)CN(C)C)CC1. The molecule has 1 saturated heterocycles. The van der Waals surface area contributed by atoms with Crippen molar-refractivity contribution in [2.45, 2.75) is 32.3 Å². The van der Waals surface area contributed by atoms with E-state index in [0.29, 0.717) is 6.54 Å². The van der Waals surface area contributed by atoms with Crippen molar-refractivity contribution in [2.75, 3.05) is 53.4 Å². The van der Waals surface area contributed by atoms with E-state index >= 15 is 0 Å². The van der Waals surface area contributed by atoms with Gasteiger partial charge in [0.25, 0.3) is 0 Å². The zero-order valence-electron chi connectivity index (χ0n) is 12.9. The molecule has 1 rings (SSSR count). The molecule has 1 amide bonds. The first-order valence-electron chi connectivity index (χ1n) is 7.27. The van der Waals surface area contributed by atoms with Crippen LogP contribution >= 0.6 is 0 Å². The first-order valence-corrected chi connectivity index (χ1v) is 7.27. The molecule has 0 bridgehead atoms. The van der Waals surface area contributed by atoms with Gasteiger partial charge >= 0.3 is 0 Å². The quantitative estimate of drug-likeness (QED) is 0.752. The topological polar surface area (TPSA) is 47.0 Å². The average Bonchev–Trinajstić information content (AvgIpc) is 2.38. The van der Waals surface area contributed by atoms with Crippen molar-refractivity contribution in [3.8, 4) is 0 Å². The first-order chi connectivity index (χ1) is 8.90. The minimum absolute atomic E-state index is 0.200. The normalized spacial score (nSPS) is 18.1. The van der Waals surface area contributed by atoms with E-state index in [2.05, 4.69) is 4.90 Å². The molecule has 5 heteroatoms. The fourth-order valence-electron chi connectivity index (χ4n) is 2.42. The minimum atomic E-state index is -0.574. The predicted molar refractivity (Wildman–Crippen MR) is 77.1 cm³/mol. The molecule has 1 fully saturated rings. The molecule has 0 radical (unpaired) electrons. The summed E-state index contributed by atoms with van der Waals surface area (Å²) in [6, 6.07) is 0. The minimum Gasteiger partial charge on any atom is -0.389 e. The van der Waals surface area contributed by atoms with Crippen LogP contribution in [0.1, 0.15) is 26.7 Å². The fourth-order valence-corrected chi connectivity index (χ4v) is 2.42. The zero-order chi connectivity index (χ0) is 14.5. The zero-order valence-corrected chi connectivity index (χ0v) is 12.9. The van der Waals surface area contributed by atoms with Crippen LogP contribution in [-0.4, -0.2) is 84.7 Å². The number of β-amino-alcohol motifs (C(OH)–C–C–N with tert-alkyl or cyclic N) is 1. The summed E-state index contributed by atoms with van der Waals surface area (Å²) in [5, 5.41) is 10.3. The second kappa shape index (κ2) is 7.22. The Bertz CT molecular complexity index is 282. The summed E-state index contributed by atoms with van der Waals surface area (Å²) in [6.45, 7) is 8.53. The molecule has 1 heterocycles. The molecule has 1 N–H and O–H groups in total. The summed E-state index contributed by atoms with van der Waals surface area (Å²) in [4.78, 5) is 18.0. The number of carbonyl (C=O) groups excluding carboxylic acids is 1.